The van der Waals surface area contributed by atoms with E-state index in [2.05, 4.69) is 24.8 Å². The Morgan fingerprint density at radius 2 is 2.27 bits per heavy atom. The Bertz CT molecular complexity index is 283. The van der Waals surface area contributed by atoms with Gasteiger partial charge in [0.2, 0.25) is 0 Å². The summed E-state index contributed by atoms with van der Waals surface area (Å²) in [6.45, 7) is 0. The third-order valence-electron chi connectivity index (χ3n) is 2.25. The summed E-state index contributed by atoms with van der Waals surface area (Å²) < 4.78 is 0. The summed E-state index contributed by atoms with van der Waals surface area (Å²) in [5.74, 6) is 0. The molecule has 0 amide bonds. The molecule has 0 aliphatic heterocycles. The maximum Gasteiger partial charge on any atom is 0.0300 e. The largest absolute Gasteiger partial charge is 0.324 e. The number of benzene rings is 1. The lowest BCUT2D eigenvalue weighted by molar-refractivity contribution is 0.713. The molecule has 1 atom stereocenters. The van der Waals surface area contributed by atoms with Crippen molar-refractivity contribution >= 4 is 12.6 Å². The minimum Gasteiger partial charge on any atom is -0.324 e. The number of thiol groups is 1. The van der Waals surface area contributed by atoms with E-state index in [1.54, 1.807) is 0 Å². The molecule has 1 aliphatic rings. The summed E-state index contributed by atoms with van der Waals surface area (Å²) in [5, 5.41) is 0. The Hall–Kier alpha value is -0.470. The van der Waals surface area contributed by atoms with Gasteiger partial charge in [-0.1, -0.05) is 6.07 Å². The van der Waals surface area contributed by atoms with E-state index in [0.29, 0.717) is 0 Å². The van der Waals surface area contributed by atoms with Crippen molar-refractivity contribution in [3.63, 3.8) is 0 Å². The molecule has 1 aromatic carbocycles. The lowest BCUT2D eigenvalue weighted by Gasteiger charge is -2.03. The van der Waals surface area contributed by atoms with E-state index in [1.807, 2.05) is 6.07 Å². The molecule has 1 nitrogen and oxygen atoms in total. The van der Waals surface area contributed by atoms with E-state index in [-0.39, 0.29) is 6.04 Å². The van der Waals surface area contributed by atoms with Crippen molar-refractivity contribution in [2.75, 3.05) is 0 Å². The highest BCUT2D eigenvalue weighted by Gasteiger charge is 2.17. The van der Waals surface area contributed by atoms with Crippen LogP contribution in [0, 0.1) is 0 Å². The van der Waals surface area contributed by atoms with Crippen LogP contribution in [0.3, 0.4) is 0 Å². The maximum absolute atomic E-state index is 5.87. The summed E-state index contributed by atoms with van der Waals surface area (Å²) in [6.07, 6.45) is 2.21. The van der Waals surface area contributed by atoms with Crippen LogP contribution < -0.4 is 5.73 Å². The molecular formula is C9H11NS. The van der Waals surface area contributed by atoms with Gasteiger partial charge in [-0.3, -0.25) is 0 Å². The standard InChI is InChI=1S/C9H11NS/c10-9-4-1-6-5-7(11)2-3-8(6)9/h2-3,5,9,11H,1,4,10H2. The predicted octanol–water partition coefficient (Wildman–Crippen LogP) is 1.92. The molecule has 1 aromatic rings. The van der Waals surface area contributed by atoms with Crippen molar-refractivity contribution in [3.8, 4) is 0 Å². The second kappa shape index (κ2) is 2.54. The van der Waals surface area contributed by atoms with Crippen LogP contribution in [0.25, 0.3) is 0 Å². The molecule has 0 heterocycles. The Morgan fingerprint density at radius 1 is 1.45 bits per heavy atom. The molecule has 58 valence electrons. The maximum atomic E-state index is 5.87. The Labute approximate surface area is 72.0 Å². The first-order chi connectivity index (χ1) is 5.27. The second-order valence-corrected chi connectivity index (χ2v) is 3.54. The molecule has 0 spiro atoms. The lowest BCUT2D eigenvalue weighted by Crippen LogP contribution is -2.04. The van der Waals surface area contributed by atoms with Gasteiger partial charge in [0.1, 0.15) is 0 Å². The fraction of sp³-hybridized carbons (Fsp3) is 0.333. The summed E-state index contributed by atoms with van der Waals surface area (Å²) in [7, 11) is 0. The summed E-state index contributed by atoms with van der Waals surface area (Å²) >= 11 is 4.27. The van der Waals surface area contributed by atoms with Crippen molar-refractivity contribution in [3.05, 3.63) is 29.3 Å². The van der Waals surface area contributed by atoms with Gasteiger partial charge in [0.15, 0.2) is 0 Å². The van der Waals surface area contributed by atoms with E-state index in [4.69, 9.17) is 5.73 Å². The molecular weight excluding hydrogens is 154 g/mol. The van der Waals surface area contributed by atoms with Crippen LogP contribution >= 0.6 is 12.6 Å². The van der Waals surface area contributed by atoms with Gasteiger partial charge in [-0.25, -0.2) is 0 Å². The Morgan fingerprint density at radius 3 is 3.09 bits per heavy atom. The van der Waals surface area contributed by atoms with E-state index < -0.39 is 0 Å². The minimum atomic E-state index is 0.263. The molecule has 0 saturated carbocycles. The summed E-state index contributed by atoms with van der Waals surface area (Å²) in [5.41, 5.74) is 8.56. The van der Waals surface area contributed by atoms with Crippen LogP contribution in [-0.2, 0) is 6.42 Å². The van der Waals surface area contributed by atoms with Crippen molar-refractivity contribution in [2.24, 2.45) is 5.73 Å². The van der Waals surface area contributed by atoms with Crippen LogP contribution in [0.5, 0.6) is 0 Å². The fourth-order valence-corrected chi connectivity index (χ4v) is 1.87. The van der Waals surface area contributed by atoms with E-state index in [0.717, 1.165) is 17.7 Å². The summed E-state index contributed by atoms with van der Waals surface area (Å²) in [6, 6.07) is 6.48. The van der Waals surface area contributed by atoms with Crippen molar-refractivity contribution in [1.82, 2.24) is 0 Å². The third kappa shape index (κ3) is 1.17. The molecule has 0 bridgehead atoms. The quantitative estimate of drug-likeness (QED) is 0.564. The highest BCUT2D eigenvalue weighted by molar-refractivity contribution is 7.80. The van der Waals surface area contributed by atoms with Gasteiger partial charge < -0.3 is 5.73 Å². The number of nitrogens with two attached hydrogens (primary N) is 1. The Balaban J connectivity index is 2.50. The first-order valence-electron chi connectivity index (χ1n) is 3.85. The van der Waals surface area contributed by atoms with Gasteiger partial charge in [-0.2, -0.15) is 0 Å². The zero-order valence-electron chi connectivity index (χ0n) is 6.25. The van der Waals surface area contributed by atoms with Crippen molar-refractivity contribution < 1.29 is 0 Å². The van der Waals surface area contributed by atoms with Gasteiger partial charge in [0.05, 0.1) is 0 Å². The number of rotatable bonds is 0. The van der Waals surface area contributed by atoms with Crippen molar-refractivity contribution in [1.29, 1.82) is 0 Å². The van der Waals surface area contributed by atoms with Crippen LogP contribution in [0.15, 0.2) is 23.1 Å². The second-order valence-electron chi connectivity index (χ2n) is 3.03. The molecule has 2 N–H and O–H groups in total. The molecule has 1 aliphatic carbocycles. The van der Waals surface area contributed by atoms with Crippen molar-refractivity contribution in [2.45, 2.75) is 23.8 Å². The molecule has 0 aromatic heterocycles. The number of hydrogen-bond donors (Lipinski definition) is 2. The minimum absolute atomic E-state index is 0.263. The van der Waals surface area contributed by atoms with Crippen LogP contribution in [0.4, 0.5) is 0 Å². The van der Waals surface area contributed by atoms with Gasteiger partial charge in [0.25, 0.3) is 0 Å². The Kier molecular flexibility index (Phi) is 1.66. The molecule has 0 radical (unpaired) electrons. The first kappa shape index (κ1) is 7.19. The summed E-state index contributed by atoms with van der Waals surface area (Å²) in [4.78, 5) is 1.04. The zero-order valence-corrected chi connectivity index (χ0v) is 7.14. The van der Waals surface area contributed by atoms with Gasteiger partial charge in [-0.15, -0.1) is 12.6 Å². The number of aryl methyl sites for hydroxylation is 1. The molecule has 2 rings (SSSR count). The normalized spacial score (nSPS) is 21.8. The van der Waals surface area contributed by atoms with Crippen LogP contribution in [0.2, 0.25) is 0 Å². The van der Waals surface area contributed by atoms with Crippen LogP contribution in [-0.4, -0.2) is 0 Å². The average Bonchev–Trinajstić information content (AvgIpc) is 2.32. The number of fused-ring (bicyclic) bond motifs is 1. The zero-order chi connectivity index (χ0) is 7.84. The molecule has 2 heteroatoms. The molecule has 11 heavy (non-hydrogen) atoms. The first-order valence-corrected chi connectivity index (χ1v) is 4.29. The number of hydrogen-bond acceptors (Lipinski definition) is 2. The lowest BCUT2D eigenvalue weighted by atomic mass is 10.1. The predicted molar refractivity (Wildman–Crippen MR) is 48.9 cm³/mol. The monoisotopic (exact) mass is 165 g/mol. The topological polar surface area (TPSA) is 26.0 Å². The average molecular weight is 165 g/mol. The third-order valence-corrected chi connectivity index (χ3v) is 2.53. The smallest absolute Gasteiger partial charge is 0.0300 e. The molecule has 0 saturated heterocycles. The molecule has 1 unspecified atom stereocenters. The molecule has 0 fully saturated rings. The fourth-order valence-electron chi connectivity index (χ4n) is 1.64. The van der Waals surface area contributed by atoms with Gasteiger partial charge in [-0.05, 0) is 36.1 Å². The van der Waals surface area contributed by atoms with E-state index in [1.165, 1.54) is 11.1 Å². The highest BCUT2D eigenvalue weighted by atomic mass is 32.1. The van der Waals surface area contributed by atoms with E-state index in [9.17, 15) is 0 Å². The van der Waals surface area contributed by atoms with Gasteiger partial charge >= 0.3 is 0 Å². The SMILES string of the molecule is NC1CCc2cc(S)ccc21. The van der Waals surface area contributed by atoms with E-state index >= 15 is 0 Å². The van der Waals surface area contributed by atoms with Gasteiger partial charge in [0, 0.05) is 10.9 Å². The highest BCUT2D eigenvalue weighted by Crippen LogP contribution is 2.30. The van der Waals surface area contributed by atoms with Crippen LogP contribution in [0.1, 0.15) is 23.6 Å².